The summed E-state index contributed by atoms with van der Waals surface area (Å²) in [6, 6.07) is 0. The number of carbonyl (C=O) groups excluding carboxylic acids is 1. The normalized spacial score (nSPS) is 21.0. The Morgan fingerprint density at radius 3 is 2.87 bits per heavy atom. The first-order valence-electron chi connectivity index (χ1n) is 4.71. The van der Waals surface area contributed by atoms with Gasteiger partial charge in [-0.05, 0) is 0 Å². The summed E-state index contributed by atoms with van der Waals surface area (Å²) in [5.74, 6) is 0.886. The summed E-state index contributed by atoms with van der Waals surface area (Å²) in [7, 11) is 1.69. The van der Waals surface area contributed by atoms with E-state index in [2.05, 4.69) is 16.7 Å². The predicted molar refractivity (Wildman–Crippen MR) is 56.1 cm³/mol. The van der Waals surface area contributed by atoms with Crippen molar-refractivity contribution >= 4 is 17.8 Å². The van der Waals surface area contributed by atoms with Gasteiger partial charge in [0.2, 0.25) is 11.9 Å². The lowest BCUT2D eigenvalue weighted by atomic mass is 10.1. The molecule has 1 aromatic rings. The Balaban J connectivity index is 2.24. The third-order valence-electron chi connectivity index (χ3n) is 2.52. The molecule has 1 amide bonds. The zero-order chi connectivity index (χ0) is 11.0. The molecule has 6 heteroatoms. The van der Waals surface area contributed by atoms with Crippen molar-refractivity contribution in [2.45, 2.75) is 6.42 Å². The van der Waals surface area contributed by atoms with Crippen molar-refractivity contribution in [2.24, 2.45) is 13.0 Å². The highest BCUT2D eigenvalue weighted by Crippen LogP contribution is 2.23. The van der Waals surface area contributed by atoms with Gasteiger partial charge >= 0.3 is 0 Å². The highest BCUT2D eigenvalue weighted by atomic mass is 16.2. The molecule has 80 valence electrons. The van der Waals surface area contributed by atoms with Crippen LogP contribution in [0.15, 0.2) is 12.7 Å². The van der Waals surface area contributed by atoms with Crippen LogP contribution in [0.3, 0.4) is 0 Å². The molecule has 1 fully saturated rings. The van der Waals surface area contributed by atoms with Crippen molar-refractivity contribution in [3.63, 3.8) is 0 Å². The minimum atomic E-state index is 0.0190. The average Bonchev–Trinajstić information content (AvgIpc) is 2.71. The fraction of sp³-hybridized carbons (Fsp3) is 0.444. The lowest BCUT2D eigenvalue weighted by molar-refractivity contribution is -0.117. The highest BCUT2D eigenvalue weighted by molar-refractivity contribution is 5.94. The van der Waals surface area contributed by atoms with Crippen LogP contribution in [0.4, 0.5) is 11.9 Å². The van der Waals surface area contributed by atoms with E-state index in [0.29, 0.717) is 24.9 Å². The molecule has 2 heterocycles. The summed E-state index contributed by atoms with van der Waals surface area (Å²) in [4.78, 5) is 17.2. The standard InChI is InChI=1S/C9H13N5O/c1-3-6-4-7(15)14(5-6)9-11-8(10)13(2)12-9/h3,6H,1,4-5H2,2H3,(H2,10,11,12). The molecular weight excluding hydrogens is 194 g/mol. The van der Waals surface area contributed by atoms with Crippen molar-refractivity contribution in [1.82, 2.24) is 14.8 Å². The van der Waals surface area contributed by atoms with Gasteiger partial charge in [-0.2, -0.15) is 4.98 Å². The Morgan fingerprint density at radius 1 is 1.67 bits per heavy atom. The molecule has 0 spiro atoms. The first-order valence-corrected chi connectivity index (χ1v) is 4.71. The van der Waals surface area contributed by atoms with Crippen molar-refractivity contribution < 1.29 is 4.79 Å². The lowest BCUT2D eigenvalue weighted by Crippen LogP contribution is -2.25. The molecule has 15 heavy (non-hydrogen) atoms. The molecule has 2 N–H and O–H groups in total. The number of anilines is 2. The van der Waals surface area contributed by atoms with Crippen LogP contribution in [0.1, 0.15) is 6.42 Å². The van der Waals surface area contributed by atoms with Crippen molar-refractivity contribution in [3.05, 3.63) is 12.7 Å². The molecule has 6 nitrogen and oxygen atoms in total. The topological polar surface area (TPSA) is 77.0 Å². The van der Waals surface area contributed by atoms with Gasteiger partial charge in [-0.3, -0.25) is 9.69 Å². The Labute approximate surface area is 87.4 Å². The number of hydrogen-bond acceptors (Lipinski definition) is 4. The van der Waals surface area contributed by atoms with Gasteiger partial charge in [0.15, 0.2) is 0 Å². The maximum Gasteiger partial charge on any atom is 0.253 e. The van der Waals surface area contributed by atoms with E-state index in [4.69, 9.17) is 5.73 Å². The Hall–Kier alpha value is -1.85. The van der Waals surface area contributed by atoms with E-state index < -0.39 is 0 Å². The Bertz CT molecular complexity index is 391. The number of hydrogen-bond donors (Lipinski definition) is 1. The van der Waals surface area contributed by atoms with Gasteiger partial charge in [-0.15, -0.1) is 11.7 Å². The molecule has 0 radical (unpaired) electrons. The van der Waals surface area contributed by atoms with Crippen LogP contribution < -0.4 is 10.6 Å². The largest absolute Gasteiger partial charge is 0.368 e. The summed E-state index contributed by atoms with van der Waals surface area (Å²) < 4.78 is 1.45. The third-order valence-corrected chi connectivity index (χ3v) is 2.52. The van der Waals surface area contributed by atoms with E-state index >= 15 is 0 Å². The van der Waals surface area contributed by atoms with Crippen molar-refractivity contribution in [2.75, 3.05) is 17.2 Å². The maximum atomic E-state index is 11.6. The summed E-state index contributed by atoms with van der Waals surface area (Å²) in [5, 5.41) is 4.06. The van der Waals surface area contributed by atoms with E-state index in [1.54, 1.807) is 18.0 Å². The molecule has 1 aliphatic heterocycles. The number of nitrogen functional groups attached to an aromatic ring is 1. The molecule has 0 bridgehead atoms. The molecular formula is C9H13N5O. The second-order valence-corrected chi connectivity index (χ2v) is 3.60. The zero-order valence-corrected chi connectivity index (χ0v) is 8.55. The predicted octanol–water partition coefficient (Wildman–Crippen LogP) is -0.0638. The molecule has 1 aliphatic rings. The smallest absolute Gasteiger partial charge is 0.253 e. The summed E-state index contributed by atoms with van der Waals surface area (Å²) in [5.41, 5.74) is 5.55. The fourth-order valence-electron chi connectivity index (χ4n) is 1.58. The summed E-state index contributed by atoms with van der Waals surface area (Å²) in [6.07, 6.45) is 2.26. The van der Waals surface area contributed by atoms with Crippen LogP contribution >= 0.6 is 0 Å². The molecule has 0 aromatic carbocycles. The van der Waals surface area contributed by atoms with Gasteiger partial charge in [-0.1, -0.05) is 6.08 Å². The van der Waals surface area contributed by atoms with E-state index in [0.717, 1.165) is 0 Å². The lowest BCUT2D eigenvalue weighted by Gasteiger charge is -2.09. The minimum Gasteiger partial charge on any atom is -0.368 e. The van der Waals surface area contributed by atoms with Crippen LogP contribution in [0.2, 0.25) is 0 Å². The highest BCUT2D eigenvalue weighted by Gasteiger charge is 2.31. The molecule has 2 rings (SSSR count). The molecule has 0 saturated carbocycles. The van der Waals surface area contributed by atoms with Crippen LogP contribution in [-0.2, 0) is 11.8 Å². The number of aromatic nitrogens is 3. The number of nitrogens with two attached hydrogens (primary N) is 1. The van der Waals surface area contributed by atoms with Crippen molar-refractivity contribution in [1.29, 1.82) is 0 Å². The van der Waals surface area contributed by atoms with E-state index in [1.165, 1.54) is 4.68 Å². The van der Waals surface area contributed by atoms with Gasteiger partial charge in [0.05, 0.1) is 0 Å². The van der Waals surface area contributed by atoms with Gasteiger partial charge < -0.3 is 5.73 Å². The first-order chi connectivity index (χ1) is 7.11. The molecule has 1 unspecified atom stereocenters. The monoisotopic (exact) mass is 207 g/mol. The second kappa shape index (κ2) is 3.38. The fourth-order valence-corrected chi connectivity index (χ4v) is 1.58. The van der Waals surface area contributed by atoms with Crippen LogP contribution in [0, 0.1) is 5.92 Å². The van der Waals surface area contributed by atoms with Crippen LogP contribution in [0.25, 0.3) is 0 Å². The number of aryl methyl sites for hydroxylation is 1. The number of nitrogens with zero attached hydrogens (tertiary/aromatic N) is 4. The van der Waals surface area contributed by atoms with E-state index in [1.807, 2.05) is 0 Å². The SMILES string of the molecule is C=CC1CC(=O)N(c2nc(N)n(C)n2)C1. The maximum absolute atomic E-state index is 11.6. The van der Waals surface area contributed by atoms with E-state index in [9.17, 15) is 4.79 Å². The Kier molecular flexibility index (Phi) is 2.18. The van der Waals surface area contributed by atoms with Gasteiger partial charge in [-0.25, -0.2) is 4.68 Å². The molecule has 1 aromatic heterocycles. The number of carbonyl (C=O) groups is 1. The minimum absolute atomic E-state index is 0.0190. The Morgan fingerprint density at radius 2 is 2.40 bits per heavy atom. The van der Waals surface area contributed by atoms with Crippen LogP contribution in [-0.4, -0.2) is 27.2 Å². The summed E-state index contributed by atoms with van der Waals surface area (Å²) in [6.45, 7) is 4.27. The summed E-state index contributed by atoms with van der Waals surface area (Å²) >= 11 is 0. The third kappa shape index (κ3) is 1.58. The van der Waals surface area contributed by atoms with Gasteiger partial charge in [0.25, 0.3) is 5.95 Å². The molecule has 1 saturated heterocycles. The quantitative estimate of drug-likeness (QED) is 0.689. The average molecular weight is 207 g/mol. The van der Waals surface area contributed by atoms with Gasteiger partial charge in [0, 0.05) is 25.9 Å². The van der Waals surface area contributed by atoms with Crippen LogP contribution in [0.5, 0.6) is 0 Å². The second-order valence-electron chi connectivity index (χ2n) is 3.60. The molecule has 0 aliphatic carbocycles. The molecule has 1 atom stereocenters. The van der Waals surface area contributed by atoms with E-state index in [-0.39, 0.29) is 11.8 Å². The van der Waals surface area contributed by atoms with Crippen molar-refractivity contribution in [3.8, 4) is 0 Å². The number of amides is 1. The first kappa shape index (κ1) is 9.70. The number of rotatable bonds is 2. The zero-order valence-electron chi connectivity index (χ0n) is 8.55. The van der Waals surface area contributed by atoms with Gasteiger partial charge in [0.1, 0.15) is 0 Å².